The molecule has 1 fully saturated rings. The summed E-state index contributed by atoms with van der Waals surface area (Å²) in [5, 5.41) is 4.25. The van der Waals surface area contributed by atoms with E-state index >= 15 is 0 Å². The van der Waals surface area contributed by atoms with E-state index in [-0.39, 0.29) is 5.41 Å². The molecule has 0 radical (unpaired) electrons. The highest BCUT2D eigenvalue weighted by molar-refractivity contribution is 6.30. The lowest BCUT2D eigenvalue weighted by atomic mass is 9.79. The van der Waals surface area contributed by atoms with Gasteiger partial charge in [0.1, 0.15) is 0 Å². The van der Waals surface area contributed by atoms with E-state index in [1.54, 1.807) is 0 Å². The van der Waals surface area contributed by atoms with Gasteiger partial charge in [-0.05, 0) is 57.6 Å². The summed E-state index contributed by atoms with van der Waals surface area (Å²) in [5.41, 5.74) is 1.54. The van der Waals surface area contributed by atoms with E-state index < -0.39 is 0 Å². The van der Waals surface area contributed by atoms with Gasteiger partial charge in [-0.15, -0.1) is 0 Å². The zero-order valence-corrected chi connectivity index (χ0v) is 14.1. The third-order valence-corrected chi connectivity index (χ3v) is 4.93. The predicted octanol–water partition coefficient (Wildman–Crippen LogP) is 3.35. The summed E-state index contributed by atoms with van der Waals surface area (Å²) in [6, 6.07) is 8.52. The van der Waals surface area contributed by atoms with Crippen molar-refractivity contribution in [2.45, 2.75) is 25.8 Å². The van der Waals surface area contributed by atoms with Crippen molar-refractivity contribution in [2.24, 2.45) is 5.41 Å². The smallest absolute Gasteiger partial charge is 0.0531 e. The standard InChI is InChI=1S/C17H27ClN2O/c1-14(15-5-4-6-16(18)11-15)20(2)12-17(13-21-3)7-9-19-10-8-17/h4-6,11,14,19H,7-10,12-13H2,1-3H3. The predicted molar refractivity (Wildman–Crippen MR) is 88.9 cm³/mol. The van der Waals surface area contributed by atoms with Crippen molar-refractivity contribution in [2.75, 3.05) is 40.4 Å². The van der Waals surface area contributed by atoms with Crippen LogP contribution >= 0.6 is 11.6 Å². The van der Waals surface area contributed by atoms with E-state index in [4.69, 9.17) is 16.3 Å². The molecule has 1 atom stereocenters. The Bertz CT molecular complexity index is 441. The molecule has 3 nitrogen and oxygen atoms in total. The second-order valence-corrected chi connectivity index (χ2v) is 6.77. The first-order valence-electron chi connectivity index (χ1n) is 7.72. The molecule has 0 aromatic heterocycles. The Morgan fingerprint density at radius 3 is 2.71 bits per heavy atom. The number of halogens is 1. The molecule has 118 valence electrons. The van der Waals surface area contributed by atoms with E-state index in [1.807, 2.05) is 19.2 Å². The first kappa shape index (κ1) is 16.8. The summed E-state index contributed by atoms with van der Waals surface area (Å²) < 4.78 is 5.51. The number of piperidine rings is 1. The van der Waals surface area contributed by atoms with Gasteiger partial charge in [-0.2, -0.15) is 0 Å². The average molecular weight is 311 g/mol. The highest BCUT2D eigenvalue weighted by Crippen LogP contribution is 2.33. The van der Waals surface area contributed by atoms with Crippen molar-refractivity contribution < 1.29 is 4.74 Å². The van der Waals surface area contributed by atoms with Crippen molar-refractivity contribution in [3.8, 4) is 0 Å². The van der Waals surface area contributed by atoms with Crippen molar-refractivity contribution in [3.63, 3.8) is 0 Å². The fourth-order valence-electron chi connectivity index (χ4n) is 3.30. The zero-order valence-electron chi connectivity index (χ0n) is 13.4. The second kappa shape index (κ2) is 7.59. The molecule has 0 aliphatic carbocycles. The normalized spacial score (nSPS) is 19.7. The Hall–Kier alpha value is -0.610. The minimum absolute atomic E-state index is 0.265. The van der Waals surface area contributed by atoms with Crippen LogP contribution in [0.15, 0.2) is 24.3 Å². The van der Waals surface area contributed by atoms with Crippen LogP contribution < -0.4 is 5.32 Å². The van der Waals surface area contributed by atoms with Gasteiger partial charge in [-0.1, -0.05) is 23.7 Å². The summed E-state index contributed by atoms with van der Waals surface area (Å²) in [7, 11) is 4.01. The van der Waals surface area contributed by atoms with Crippen molar-refractivity contribution >= 4 is 11.6 Å². The maximum Gasteiger partial charge on any atom is 0.0531 e. The van der Waals surface area contributed by atoms with Crippen molar-refractivity contribution in [3.05, 3.63) is 34.9 Å². The Morgan fingerprint density at radius 2 is 2.10 bits per heavy atom. The van der Waals surface area contributed by atoms with E-state index in [2.05, 4.69) is 36.3 Å². The monoisotopic (exact) mass is 310 g/mol. The summed E-state index contributed by atoms with van der Waals surface area (Å²) in [4.78, 5) is 2.43. The van der Waals surface area contributed by atoms with Crippen LogP contribution in [0.25, 0.3) is 0 Å². The van der Waals surface area contributed by atoms with Gasteiger partial charge in [-0.25, -0.2) is 0 Å². The first-order chi connectivity index (χ1) is 10.1. The Morgan fingerprint density at radius 1 is 1.38 bits per heavy atom. The van der Waals surface area contributed by atoms with Gasteiger partial charge >= 0.3 is 0 Å². The molecule has 1 aliphatic rings. The molecular formula is C17H27ClN2O. The van der Waals surface area contributed by atoms with Gasteiger partial charge in [0.2, 0.25) is 0 Å². The third kappa shape index (κ3) is 4.43. The number of ether oxygens (including phenoxy) is 1. The van der Waals surface area contributed by atoms with Crippen LogP contribution in [0.1, 0.15) is 31.4 Å². The number of hydrogen-bond donors (Lipinski definition) is 1. The molecule has 0 spiro atoms. The quantitative estimate of drug-likeness (QED) is 0.872. The molecule has 0 saturated carbocycles. The molecule has 1 N–H and O–H groups in total. The number of hydrogen-bond acceptors (Lipinski definition) is 3. The number of benzene rings is 1. The third-order valence-electron chi connectivity index (χ3n) is 4.69. The summed E-state index contributed by atoms with van der Waals surface area (Å²) in [6.45, 7) is 6.30. The molecule has 1 saturated heterocycles. The molecule has 2 rings (SSSR count). The molecule has 1 aromatic carbocycles. The molecule has 1 unspecified atom stereocenters. The Labute approximate surface area is 133 Å². The van der Waals surface area contributed by atoms with Gasteiger partial charge in [0.15, 0.2) is 0 Å². The van der Waals surface area contributed by atoms with Gasteiger partial charge in [0.25, 0.3) is 0 Å². The number of methoxy groups -OCH3 is 1. The second-order valence-electron chi connectivity index (χ2n) is 6.33. The van der Waals surface area contributed by atoms with Gasteiger partial charge in [0, 0.05) is 30.1 Å². The van der Waals surface area contributed by atoms with Crippen LogP contribution in [0.5, 0.6) is 0 Å². The largest absolute Gasteiger partial charge is 0.384 e. The molecule has 0 amide bonds. The lowest BCUT2D eigenvalue weighted by molar-refractivity contribution is 0.0201. The van der Waals surface area contributed by atoms with Crippen molar-refractivity contribution in [1.29, 1.82) is 0 Å². The van der Waals surface area contributed by atoms with E-state index in [0.717, 1.165) is 31.3 Å². The molecular weight excluding hydrogens is 284 g/mol. The summed E-state index contributed by atoms with van der Waals surface area (Å²) in [6.07, 6.45) is 2.35. The lowest BCUT2D eigenvalue weighted by Crippen LogP contribution is -2.46. The maximum atomic E-state index is 6.12. The van der Waals surface area contributed by atoms with Gasteiger partial charge < -0.3 is 10.1 Å². The fraction of sp³-hybridized carbons (Fsp3) is 0.647. The SMILES string of the molecule is COCC1(CN(C)C(C)c2cccc(Cl)c2)CCNCC1. The van der Waals surface area contributed by atoms with Crippen LogP contribution in [0.2, 0.25) is 5.02 Å². The number of nitrogens with one attached hydrogen (secondary N) is 1. The Balaban J connectivity index is 2.05. The van der Waals surface area contributed by atoms with Crippen molar-refractivity contribution in [1.82, 2.24) is 10.2 Å². The van der Waals surface area contributed by atoms with Crippen LogP contribution in [0.4, 0.5) is 0 Å². The molecule has 1 heterocycles. The minimum atomic E-state index is 0.265. The van der Waals surface area contributed by atoms with Crippen LogP contribution in [-0.4, -0.2) is 45.3 Å². The van der Waals surface area contributed by atoms with E-state index in [0.29, 0.717) is 6.04 Å². The molecule has 4 heteroatoms. The minimum Gasteiger partial charge on any atom is -0.384 e. The molecule has 1 aromatic rings. The molecule has 1 aliphatic heterocycles. The van der Waals surface area contributed by atoms with Crippen LogP contribution in [0.3, 0.4) is 0 Å². The Kier molecular flexibility index (Phi) is 6.06. The van der Waals surface area contributed by atoms with Gasteiger partial charge in [-0.3, -0.25) is 4.90 Å². The maximum absolute atomic E-state index is 6.12. The topological polar surface area (TPSA) is 24.5 Å². The number of rotatable bonds is 6. The fourth-order valence-corrected chi connectivity index (χ4v) is 3.50. The van der Waals surface area contributed by atoms with E-state index in [1.165, 1.54) is 18.4 Å². The highest BCUT2D eigenvalue weighted by Gasteiger charge is 2.34. The van der Waals surface area contributed by atoms with Crippen LogP contribution in [-0.2, 0) is 4.74 Å². The van der Waals surface area contributed by atoms with Crippen LogP contribution in [0, 0.1) is 5.41 Å². The molecule has 0 bridgehead atoms. The highest BCUT2D eigenvalue weighted by atomic mass is 35.5. The zero-order chi connectivity index (χ0) is 15.3. The number of nitrogens with zero attached hydrogens (tertiary/aromatic N) is 1. The van der Waals surface area contributed by atoms with E-state index in [9.17, 15) is 0 Å². The molecule has 21 heavy (non-hydrogen) atoms. The average Bonchev–Trinajstić information content (AvgIpc) is 2.47. The lowest BCUT2D eigenvalue weighted by Gasteiger charge is -2.41. The summed E-state index contributed by atoms with van der Waals surface area (Å²) >= 11 is 6.12. The van der Waals surface area contributed by atoms with Gasteiger partial charge in [0.05, 0.1) is 6.61 Å². The first-order valence-corrected chi connectivity index (χ1v) is 8.09. The summed E-state index contributed by atoms with van der Waals surface area (Å²) in [5.74, 6) is 0.